The van der Waals surface area contributed by atoms with Gasteiger partial charge in [-0.25, -0.2) is 0 Å². The van der Waals surface area contributed by atoms with Gasteiger partial charge in [0.05, 0.1) is 11.9 Å². The van der Waals surface area contributed by atoms with Crippen molar-refractivity contribution in [1.29, 1.82) is 0 Å². The van der Waals surface area contributed by atoms with Gasteiger partial charge in [-0.05, 0) is 33.9 Å². The molecule has 0 unspecified atom stereocenters. The second-order valence-corrected chi connectivity index (χ2v) is 8.84. The predicted octanol–water partition coefficient (Wildman–Crippen LogP) is 2.59. The Kier molecular flexibility index (Phi) is 6.68. The Hall–Kier alpha value is -2.82. The van der Waals surface area contributed by atoms with E-state index in [0.717, 1.165) is 19.2 Å². The van der Waals surface area contributed by atoms with Crippen LogP contribution >= 0.6 is 0 Å². The van der Waals surface area contributed by atoms with E-state index in [9.17, 15) is 22.8 Å². The summed E-state index contributed by atoms with van der Waals surface area (Å²) in [6.45, 7) is 7.75. The number of aromatic nitrogens is 2. The van der Waals surface area contributed by atoms with E-state index in [1.807, 2.05) is 7.05 Å². The van der Waals surface area contributed by atoms with Crippen molar-refractivity contribution in [3.63, 3.8) is 0 Å². The van der Waals surface area contributed by atoms with Crippen molar-refractivity contribution in [3.05, 3.63) is 23.9 Å². The lowest BCUT2D eigenvalue weighted by molar-refractivity contribution is -0.274. The molecule has 1 aromatic carbocycles. The highest BCUT2D eigenvalue weighted by Gasteiger charge is 2.33. The van der Waals surface area contributed by atoms with Gasteiger partial charge >= 0.3 is 12.3 Å². The maximum atomic E-state index is 12.9. The third kappa shape index (κ3) is 6.59. The minimum Gasteiger partial charge on any atom is -0.460 e. The average molecular weight is 456 g/mol. The van der Waals surface area contributed by atoms with Crippen molar-refractivity contribution in [1.82, 2.24) is 19.6 Å². The number of amides is 1. The molecule has 8 nitrogen and oxygen atoms in total. The van der Waals surface area contributed by atoms with Crippen LogP contribution in [0.3, 0.4) is 0 Å². The molecule has 0 bridgehead atoms. The van der Waals surface area contributed by atoms with Crippen molar-refractivity contribution in [2.45, 2.75) is 45.7 Å². The molecule has 0 N–H and O–H groups in total. The second kappa shape index (κ2) is 8.97. The SMILES string of the molecule is CN1CCN(C(=O)Cn2cc3cc(CC(=O)OC(C)(C)C)c(OC(F)(F)F)cc3n2)CC1. The highest BCUT2D eigenvalue weighted by molar-refractivity contribution is 5.84. The van der Waals surface area contributed by atoms with Gasteiger partial charge < -0.3 is 19.3 Å². The first-order valence-electron chi connectivity index (χ1n) is 10.2. The van der Waals surface area contributed by atoms with Crippen LogP contribution in [0.4, 0.5) is 13.2 Å². The van der Waals surface area contributed by atoms with Gasteiger partial charge in [0.15, 0.2) is 0 Å². The van der Waals surface area contributed by atoms with Gasteiger partial charge in [-0.3, -0.25) is 14.3 Å². The molecule has 0 saturated carbocycles. The Morgan fingerprint density at radius 2 is 1.75 bits per heavy atom. The van der Waals surface area contributed by atoms with Crippen LogP contribution in [-0.2, 0) is 27.3 Å². The van der Waals surface area contributed by atoms with E-state index in [4.69, 9.17) is 4.74 Å². The quantitative estimate of drug-likeness (QED) is 0.644. The maximum absolute atomic E-state index is 12.9. The molecule has 11 heteroatoms. The number of ether oxygens (including phenoxy) is 2. The third-order valence-electron chi connectivity index (χ3n) is 4.87. The van der Waals surface area contributed by atoms with Crippen LogP contribution in [0.15, 0.2) is 18.3 Å². The first-order chi connectivity index (χ1) is 14.8. The van der Waals surface area contributed by atoms with Gasteiger partial charge in [0, 0.05) is 49.4 Å². The molecule has 2 aromatic rings. The monoisotopic (exact) mass is 456 g/mol. The molecule has 176 valence electrons. The van der Waals surface area contributed by atoms with Crippen LogP contribution in [0, 0.1) is 0 Å². The Morgan fingerprint density at radius 3 is 2.34 bits per heavy atom. The normalized spacial score (nSPS) is 15.8. The van der Waals surface area contributed by atoms with Crippen LogP contribution in [0.1, 0.15) is 26.3 Å². The van der Waals surface area contributed by atoms with Crippen molar-refractivity contribution in [2.24, 2.45) is 0 Å². The van der Waals surface area contributed by atoms with Gasteiger partial charge in [0.1, 0.15) is 17.9 Å². The number of esters is 1. The van der Waals surface area contributed by atoms with Gasteiger partial charge in [-0.2, -0.15) is 5.10 Å². The number of alkyl halides is 3. The van der Waals surface area contributed by atoms with E-state index < -0.39 is 30.1 Å². The zero-order valence-electron chi connectivity index (χ0n) is 18.5. The topological polar surface area (TPSA) is 76.9 Å². The second-order valence-electron chi connectivity index (χ2n) is 8.84. The predicted molar refractivity (Wildman–Crippen MR) is 110 cm³/mol. The van der Waals surface area contributed by atoms with E-state index in [0.29, 0.717) is 18.5 Å². The number of likely N-dealkylation sites (N-methyl/N-ethyl adjacent to an activating group) is 1. The lowest BCUT2D eigenvalue weighted by Crippen LogP contribution is -2.48. The zero-order chi connectivity index (χ0) is 23.7. The maximum Gasteiger partial charge on any atom is 0.573 e. The molecule has 32 heavy (non-hydrogen) atoms. The van der Waals surface area contributed by atoms with E-state index in [2.05, 4.69) is 14.7 Å². The summed E-state index contributed by atoms with van der Waals surface area (Å²) < 4.78 is 49.5. The summed E-state index contributed by atoms with van der Waals surface area (Å²) in [6, 6.07) is 2.53. The molecule has 1 saturated heterocycles. The Labute approximate surface area is 183 Å². The van der Waals surface area contributed by atoms with Crippen LogP contribution in [-0.4, -0.2) is 76.6 Å². The van der Waals surface area contributed by atoms with Crippen LogP contribution < -0.4 is 4.74 Å². The van der Waals surface area contributed by atoms with Gasteiger partial charge in [-0.15, -0.1) is 13.2 Å². The fourth-order valence-corrected chi connectivity index (χ4v) is 3.42. The molecule has 3 rings (SSSR count). The molecule has 0 radical (unpaired) electrons. The van der Waals surface area contributed by atoms with E-state index in [-0.39, 0.29) is 23.5 Å². The number of benzene rings is 1. The molecule has 2 heterocycles. The first-order valence-corrected chi connectivity index (χ1v) is 10.2. The summed E-state index contributed by atoms with van der Waals surface area (Å²) in [5.74, 6) is -1.32. The van der Waals surface area contributed by atoms with Crippen LogP contribution in [0.2, 0.25) is 0 Å². The summed E-state index contributed by atoms with van der Waals surface area (Å²) in [7, 11) is 1.98. The molecule has 0 aliphatic carbocycles. The number of carbonyl (C=O) groups excluding carboxylic acids is 2. The largest absolute Gasteiger partial charge is 0.573 e. The first kappa shape index (κ1) is 23.8. The Balaban J connectivity index is 1.84. The molecule has 1 aliphatic rings. The summed E-state index contributed by atoms with van der Waals surface area (Å²) in [6.07, 6.45) is -3.76. The molecule has 0 spiro atoms. The Bertz CT molecular complexity index is 989. The van der Waals surface area contributed by atoms with Gasteiger partial charge in [0.25, 0.3) is 0 Å². The average Bonchev–Trinajstić information content (AvgIpc) is 3.00. The molecule has 1 aromatic heterocycles. The number of fused-ring (bicyclic) bond motifs is 1. The summed E-state index contributed by atoms with van der Waals surface area (Å²) in [4.78, 5) is 28.6. The van der Waals surface area contributed by atoms with E-state index in [1.54, 1.807) is 31.9 Å². The molecule has 1 fully saturated rings. The van der Waals surface area contributed by atoms with Crippen LogP contribution in [0.25, 0.3) is 10.9 Å². The number of piperazine rings is 1. The van der Waals surface area contributed by atoms with E-state index >= 15 is 0 Å². The lowest BCUT2D eigenvalue weighted by Gasteiger charge is -2.32. The minimum atomic E-state index is -4.93. The smallest absolute Gasteiger partial charge is 0.460 e. The number of hydrogen-bond donors (Lipinski definition) is 0. The molecular formula is C21H27F3N4O4. The number of nitrogens with zero attached hydrogens (tertiary/aromatic N) is 4. The number of carbonyl (C=O) groups is 2. The fraction of sp³-hybridized carbons (Fsp3) is 0.571. The van der Waals surface area contributed by atoms with Crippen molar-refractivity contribution in [3.8, 4) is 5.75 Å². The molecule has 1 aliphatic heterocycles. The molecule has 0 atom stereocenters. The highest BCUT2D eigenvalue weighted by atomic mass is 19.4. The van der Waals surface area contributed by atoms with Gasteiger partial charge in [0.2, 0.25) is 5.91 Å². The lowest BCUT2D eigenvalue weighted by atomic mass is 10.1. The van der Waals surface area contributed by atoms with Crippen molar-refractivity contribution >= 4 is 22.8 Å². The van der Waals surface area contributed by atoms with E-state index in [1.165, 1.54) is 10.7 Å². The number of rotatable bonds is 5. The standard InChI is InChI=1S/C21H27F3N4O4/c1-20(2,3)32-19(30)10-14-9-15-12-28(13-18(29)27-7-5-26(4)6-8-27)25-16(15)11-17(14)31-21(22,23)24/h9,11-12H,5-8,10,13H2,1-4H3. The van der Waals surface area contributed by atoms with Crippen molar-refractivity contribution < 1.29 is 32.2 Å². The zero-order valence-corrected chi connectivity index (χ0v) is 18.5. The summed E-state index contributed by atoms with van der Waals surface area (Å²) in [5, 5.41) is 4.72. The Morgan fingerprint density at radius 1 is 1.09 bits per heavy atom. The molecular weight excluding hydrogens is 429 g/mol. The van der Waals surface area contributed by atoms with Crippen molar-refractivity contribution in [2.75, 3.05) is 33.2 Å². The van der Waals surface area contributed by atoms with Crippen LogP contribution in [0.5, 0.6) is 5.75 Å². The highest BCUT2D eigenvalue weighted by Crippen LogP contribution is 2.31. The minimum absolute atomic E-state index is 0.0222. The van der Waals surface area contributed by atoms with Gasteiger partial charge in [-0.1, -0.05) is 0 Å². The molecule has 1 amide bonds. The number of hydrogen-bond acceptors (Lipinski definition) is 6. The number of halogens is 3. The fourth-order valence-electron chi connectivity index (χ4n) is 3.42. The summed E-state index contributed by atoms with van der Waals surface area (Å²) >= 11 is 0. The summed E-state index contributed by atoms with van der Waals surface area (Å²) in [5.41, 5.74) is -0.529. The third-order valence-corrected chi connectivity index (χ3v) is 4.87.